The third-order valence-corrected chi connectivity index (χ3v) is 3.29. The van der Waals surface area contributed by atoms with Gasteiger partial charge in [0.1, 0.15) is 0 Å². The maximum absolute atomic E-state index is 11.6. The molecule has 0 bridgehead atoms. The van der Waals surface area contributed by atoms with Crippen molar-refractivity contribution in [3.05, 3.63) is 41.5 Å². The summed E-state index contributed by atoms with van der Waals surface area (Å²) in [6.07, 6.45) is 8.08. The lowest BCUT2D eigenvalue weighted by Crippen LogP contribution is -1.92. The van der Waals surface area contributed by atoms with Crippen LogP contribution in [0.5, 0.6) is 0 Å². The van der Waals surface area contributed by atoms with Gasteiger partial charge in [-0.15, -0.1) is 0 Å². The van der Waals surface area contributed by atoms with Crippen LogP contribution >= 0.6 is 0 Å². The van der Waals surface area contributed by atoms with Crippen molar-refractivity contribution in [2.75, 3.05) is 0 Å². The molecule has 0 atom stereocenters. The fourth-order valence-corrected chi connectivity index (χ4v) is 2.40. The third kappa shape index (κ3) is 3.29. The average molecular weight is 228 g/mol. The highest BCUT2D eigenvalue weighted by molar-refractivity contribution is 5.97. The SMILES string of the molecule is CCCc1cccc(C2=CC(=O)CCCC2)c1. The first-order valence-electron chi connectivity index (χ1n) is 6.62. The zero-order valence-corrected chi connectivity index (χ0v) is 10.5. The Morgan fingerprint density at radius 2 is 2.00 bits per heavy atom. The van der Waals surface area contributed by atoms with Gasteiger partial charge in [0, 0.05) is 6.42 Å². The van der Waals surface area contributed by atoms with Gasteiger partial charge in [-0.2, -0.15) is 0 Å². The number of hydrogen-bond acceptors (Lipinski definition) is 1. The molecule has 1 nitrogen and oxygen atoms in total. The molecule has 1 aromatic rings. The van der Waals surface area contributed by atoms with Gasteiger partial charge in [-0.1, -0.05) is 37.6 Å². The van der Waals surface area contributed by atoms with Gasteiger partial charge >= 0.3 is 0 Å². The zero-order chi connectivity index (χ0) is 12.1. The zero-order valence-electron chi connectivity index (χ0n) is 10.5. The van der Waals surface area contributed by atoms with E-state index in [1.807, 2.05) is 6.08 Å². The van der Waals surface area contributed by atoms with Gasteiger partial charge in [-0.3, -0.25) is 4.79 Å². The summed E-state index contributed by atoms with van der Waals surface area (Å²) in [4.78, 5) is 11.6. The van der Waals surface area contributed by atoms with E-state index in [0.29, 0.717) is 5.78 Å². The minimum atomic E-state index is 0.290. The van der Waals surface area contributed by atoms with Crippen molar-refractivity contribution < 1.29 is 4.79 Å². The monoisotopic (exact) mass is 228 g/mol. The van der Waals surface area contributed by atoms with Gasteiger partial charge in [0.05, 0.1) is 0 Å². The number of carbonyl (C=O) groups is 1. The summed E-state index contributed by atoms with van der Waals surface area (Å²) in [7, 11) is 0. The molecular formula is C16H20O. The Kier molecular flexibility index (Phi) is 4.13. The largest absolute Gasteiger partial charge is 0.295 e. The van der Waals surface area contributed by atoms with Crippen LogP contribution in [0.2, 0.25) is 0 Å². The van der Waals surface area contributed by atoms with Crippen LogP contribution in [0.1, 0.15) is 50.2 Å². The molecule has 0 spiro atoms. The number of aryl methyl sites for hydroxylation is 1. The summed E-state index contributed by atoms with van der Waals surface area (Å²) < 4.78 is 0. The number of ketones is 1. The lowest BCUT2D eigenvalue weighted by molar-refractivity contribution is -0.114. The standard InChI is InChI=1S/C16H20O/c1-2-6-13-7-5-9-14(11-13)15-8-3-4-10-16(17)12-15/h5,7,9,11-12H,2-4,6,8,10H2,1H3. The summed E-state index contributed by atoms with van der Waals surface area (Å²) in [5.74, 6) is 0.290. The van der Waals surface area contributed by atoms with Crippen LogP contribution in [0.3, 0.4) is 0 Å². The van der Waals surface area contributed by atoms with Gasteiger partial charge in [0.2, 0.25) is 0 Å². The van der Waals surface area contributed by atoms with E-state index < -0.39 is 0 Å². The quantitative estimate of drug-likeness (QED) is 0.759. The second kappa shape index (κ2) is 5.81. The van der Waals surface area contributed by atoms with Crippen LogP contribution in [-0.4, -0.2) is 5.78 Å². The first kappa shape index (κ1) is 12.1. The maximum atomic E-state index is 11.6. The summed E-state index contributed by atoms with van der Waals surface area (Å²) in [6.45, 7) is 2.20. The molecule has 0 aliphatic heterocycles. The highest BCUT2D eigenvalue weighted by atomic mass is 16.1. The molecule has 0 radical (unpaired) electrons. The van der Waals surface area contributed by atoms with E-state index in [1.54, 1.807) is 0 Å². The smallest absolute Gasteiger partial charge is 0.155 e. The van der Waals surface area contributed by atoms with Crippen molar-refractivity contribution >= 4 is 11.4 Å². The molecule has 0 unspecified atom stereocenters. The van der Waals surface area contributed by atoms with E-state index >= 15 is 0 Å². The average Bonchev–Trinajstić information content (AvgIpc) is 2.55. The molecule has 1 aliphatic carbocycles. The number of carbonyl (C=O) groups excluding carboxylic acids is 1. The molecule has 0 heterocycles. The predicted molar refractivity (Wildman–Crippen MR) is 71.9 cm³/mol. The third-order valence-electron chi connectivity index (χ3n) is 3.29. The van der Waals surface area contributed by atoms with Crippen molar-refractivity contribution in [1.82, 2.24) is 0 Å². The van der Waals surface area contributed by atoms with Crippen LogP contribution in [0.4, 0.5) is 0 Å². The van der Waals surface area contributed by atoms with E-state index in [2.05, 4.69) is 31.2 Å². The molecule has 0 amide bonds. The minimum absolute atomic E-state index is 0.290. The fraction of sp³-hybridized carbons (Fsp3) is 0.438. The van der Waals surface area contributed by atoms with Crippen molar-refractivity contribution in [2.45, 2.75) is 45.4 Å². The van der Waals surface area contributed by atoms with Crippen LogP contribution in [-0.2, 0) is 11.2 Å². The van der Waals surface area contributed by atoms with Crippen LogP contribution in [0.15, 0.2) is 30.3 Å². The van der Waals surface area contributed by atoms with Crippen molar-refractivity contribution in [3.8, 4) is 0 Å². The van der Waals surface area contributed by atoms with E-state index in [1.165, 1.54) is 23.1 Å². The molecule has 1 aromatic carbocycles. The molecule has 17 heavy (non-hydrogen) atoms. The van der Waals surface area contributed by atoms with Gasteiger partial charge in [-0.25, -0.2) is 0 Å². The van der Waals surface area contributed by atoms with Crippen molar-refractivity contribution in [1.29, 1.82) is 0 Å². The molecule has 90 valence electrons. The molecule has 0 saturated heterocycles. The van der Waals surface area contributed by atoms with Crippen molar-refractivity contribution in [3.63, 3.8) is 0 Å². The predicted octanol–water partition coefficient (Wildman–Crippen LogP) is 4.17. The fourth-order valence-electron chi connectivity index (χ4n) is 2.40. The summed E-state index contributed by atoms with van der Waals surface area (Å²) in [6, 6.07) is 8.65. The number of benzene rings is 1. The molecular weight excluding hydrogens is 208 g/mol. The lowest BCUT2D eigenvalue weighted by Gasteiger charge is -2.07. The molecule has 0 saturated carbocycles. The van der Waals surface area contributed by atoms with Gasteiger partial charge < -0.3 is 0 Å². The van der Waals surface area contributed by atoms with Crippen LogP contribution < -0.4 is 0 Å². The Hall–Kier alpha value is -1.37. The Balaban J connectivity index is 2.25. The van der Waals surface area contributed by atoms with Gasteiger partial charge in [0.25, 0.3) is 0 Å². The van der Waals surface area contributed by atoms with Gasteiger partial charge in [0.15, 0.2) is 5.78 Å². The Morgan fingerprint density at radius 3 is 2.82 bits per heavy atom. The van der Waals surface area contributed by atoms with Gasteiger partial charge in [-0.05, 0) is 48.5 Å². The van der Waals surface area contributed by atoms with E-state index in [0.717, 1.165) is 32.1 Å². The molecule has 0 fully saturated rings. The molecule has 1 heteroatoms. The maximum Gasteiger partial charge on any atom is 0.155 e. The molecule has 1 aliphatic rings. The second-order valence-electron chi connectivity index (χ2n) is 4.79. The number of hydrogen-bond donors (Lipinski definition) is 0. The van der Waals surface area contributed by atoms with Crippen LogP contribution in [0.25, 0.3) is 5.57 Å². The first-order chi connectivity index (χ1) is 8.29. The topological polar surface area (TPSA) is 17.1 Å². The second-order valence-corrected chi connectivity index (χ2v) is 4.79. The molecule has 0 aromatic heterocycles. The Bertz CT molecular complexity index is 429. The van der Waals surface area contributed by atoms with E-state index in [9.17, 15) is 4.79 Å². The summed E-state index contributed by atoms with van der Waals surface area (Å²) >= 11 is 0. The Labute approximate surface area is 104 Å². The lowest BCUT2D eigenvalue weighted by atomic mass is 9.98. The normalized spacial score (nSPS) is 16.5. The summed E-state index contributed by atoms with van der Waals surface area (Å²) in [5.41, 5.74) is 3.85. The van der Waals surface area contributed by atoms with E-state index in [-0.39, 0.29) is 0 Å². The number of rotatable bonds is 3. The summed E-state index contributed by atoms with van der Waals surface area (Å²) in [5, 5.41) is 0. The molecule has 0 N–H and O–H groups in total. The Morgan fingerprint density at radius 1 is 1.18 bits per heavy atom. The van der Waals surface area contributed by atoms with Crippen molar-refractivity contribution in [2.24, 2.45) is 0 Å². The van der Waals surface area contributed by atoms with Crippen LogP contribution in [0, 0.1) is 0 Å². The van der Waals surface area contributed by atoms with E-state index in [4.69, 9.17) is 0 Å². The highest BCUT2D eigenvalue weighted by Gasteiger charge is 2.10. The molecule has 2 rings (SSSR count). The number of allylic oxidation sites excluding steroid dienone is 2. The first-order valence-corrected chi connectivity index (χ1v) is 6.62. The minimum Gasteiger partial charge on any atom is -0.295 e. The highest BCUT2D eigenvalue weighted by Crippen LogP contribution is 2.25.